The van der Waals surface area contributed by atoms with Crippen LogP contribution < -0.4 is 5.32 Å². The SMILES string of the molecule is CCCCC/C=C\C/C=C\CCCCCCCCCC(=O)OCCCCCCCCCCCCCC/C=C\CCCCCCCCCC(=O)NC(CO)C(O)/C=C/CCCCCCCCCCCCCCCCCCCC. The smallest absolute Gasteiger partial charge is 0.305 e. The number of aliphatic hydroxyl groups is 2. The minimum absolute atomic E-state index is 0.00337. The molecule has 0 saturated heterocycles. The Morgan fingerprint density at radius 2 is 0.649 bits per heavy atom. The first kappa shape index (κ1) is 74.8. The van der Waals surface area contributed by atoms with E-state index in [0.717, 1.165) is 57.8 Å². The minimum Gasteiger partial charge on any atom is -0.466 e. The van der Waals surface area contributed by atoms with Crippen LogP contribution in [0.5, 0.6) is 0 Å². The van der Waals surface area contributed by atoms with E-state index in [1.165, 1.54) is 283 Å². The molecular formula is C71H133NO5. The van der Waals surface area contributed by atoms with E-state index in [-0.39, 0.29) is 18.5 Å². The molecule has 0 spiro atoms. The first-order valence-corrected chi connectivity index (χ1v) is 34.4. The maximum atomic E-state index is 12.5. The van der Waals surface area contributed by atoms with Crippen molar-refractivity contribution in [3.63, 3.8) is 0 Å². The van der Waals surface area contributed by atoms with Gasteiger partial charge < -0.3 is 20.3 Å². The number of hydrogen-bond donors (Lipinski definition) is 3. The predicted octanol–water partition coefficient (Wildman–Crippen LogP) is 22.1. The molecule has 0 radical (unpaired) electrons. The standard InChI is InChI=1S/C71H133NO5/c1-3-5-7-9-11-13-15-17-19-21-22-28-32-35-39-43-47-51-55-59-63-69(74)68(67-73)72-70(75)64-60-56-52-48-44-40-36-33-29-26-24-23-25-27-30-34-38-42-46-50-54-58-62-66-77-71(76)65-61-57-53-49-45-41-37-31-20-18-16-14-12-10-8-6-4-2/h12,14,18,20,26,29,59,63,68-69,73-74H,3-11,13,15-17,19,21-25,27-28,30-58,60-62,64-67H2,1-2H3,(H,72,75)/b14-12-,20-18-,29-26-,63-59+. The molecule has 0 heterocycles. The number of hydrogen-bond acceptors (Lipinski definition) is 5. The first-order chi connectivity index (χ1) is 38.0. The number of amides is 1. The van der Waals surface area contributed by atoms with Gasteiger partial charge in [0.2, 0.25) is 5.91 Å². The van der Waals surface area contributed by atoms with Crippen molar-refractivity contribution in [2.75, 3.05) is 13.2 Å². The average Bonchev–Trinajstić information content (AvgIpc) is 3.43. The van der Waals surface area contributed by atoms with Gasteiger partial charge in [-0.25, -0.2) is 0 Å². The summed E-state index contributed by atoms with van der Waals surface area (Å²) in [4.78, 5) is 24.6. The van der Waals surface area contributed by atoms with E-state index in [1.807, 2.05) is 6.08 Å². The lowest BCUT2D eigenvalue weighted by Crippen LogP contribution is -2.45. The molecule has 2 unspecified atom stereocenters. The fraction of sp³-hybridized carbons (Fsp3) is 0.859. The summed E-state index contributed by atoms with van der Waals surface area (Å²) in [6.45, 7) is 4.90. The number of aliphatic hydroxyl groups excluding tert-OH is 2. The van der Waals surface area contributed by atoms with Gasteiger partial charge in [-0.3, -0.25) is 9.59 Å². The topological polar surface area (TPSA) is 95.9 Å². The van der Waals surface area contributed by atoms with Gasteiger partial charge in [0.25, 0.3) is 0 Å². The van der Waals surface area contributed by atoms with Crippen LogP contribution in [0.25, 0.3) is 0 Å². The molecule has 0 aromatic carbocycles. The van der Waals surface area contributed by atoms with Gasteiger partial charge in [-0.2, -0.15) is 0 Å². The van der Waals surface area contributed by atoms with Gasteiger partial charge in [0, 0.05) is 12.8 Å². The highest BCUT2D eigenvalue weighted by Crippen LogP contribution is 2.18. The second-order valence-electron chi connectivity index (χ2n) is 23.5. The Balaban J connectivity index is 3.44. The molecule has 0 aliphatic carbocycles. The Hall–Kier alpha value is -2.18. The van der Waals surface area contributed by atoms with Crippen molar-refractivity contribution in [1.29, 1.82) is 0 Å². The number of rotatable bonds is 64. The molecule has 0 aliphatic heterocycles. The molecule has 3 N–H and O–H groups in total. The van der Waals surface area contributed by atoms with E-state index in [1.54, 1.807) is 6.08 Å². The minimum atomic E-state index is -0.850. The normalized spacial score (nSPS) is 12.8. The maximum absolute atomic E-state index is 12.5. The molecule has 6 heteroatoms. The van der Waals surface area contributed by atoms with Gasteiger partial charge >= 0.3 is 5.97 Å². The van der Waals surface area contributed by atoms with Crippen molar-refractivity contribution in [2.45, 2.75) is 379 Å². The molecule has 6 nitrogen and oxygen atoms in total. The Kier molecular flexibility index (Phi) is 64.5. The number of allylic oxidation sites excluding steroid dienone is 7. The van der Waals surface area contributed by atoms with E-state index < -0.39 is 12.1 Å². The summed E-state index contributed by atoms with van der Waals surface area (Å²) in [6.07, 6.45) is 86.0. The highest BCUT2D eigenvalue weighted by atomic mass is 16.5. The highest BCUT2D eigenvalue weighted by molar-refractivity contribution is 5.76. The van der Waals surface area contributed by atoms with E-state index in [4.69, 9.17) is 4.74 Å². The number of esters is 1. The Morgan fingerprint density at radius 1 is 0.364 bits per heavy atom. The summed E-state index contributed by atoms with van der Waals surface area (Å²) in [5.74, 6) is -0.0684. The monoisotopic (exact) mass is 1080 g/mol. The predicted molar refractivity (Wildman–Crippen MR) is 338 cm³/mol. The summed E-state index contributed by atoms with van der Waals surface area (Å²) in [5.41, 5.74) is 0. The molecule has 1 amide bonds. The molecule has 0 fully saturated rings. The van der Waals surface area contributed by atoms with E-state index in [2.05, 4.69) is 55.6 Å². The van der Waals surface area contributed by atoms with Crippen molar-refractivity contribution < 1.29 is 24.5 Å². The van der Waals surface area contributed by atoms with Gasteiger partial charge in [-0.05, 0) is 89.9 Å². The van der Waals surface area contributed by atoms with Crippen LogP contribution in [0.15, 0.2) is 48.6 Å². The van der Waals surface area contributed by atoms with Crippen LogP contribution in [0.2, 0.25) is 0 Å². The third kappa shape index (κ3) is 62.9. The average molecular weight is 1080 g/mol. The number of unbranched alkanes of at least 4 members (excludes halogenated alkanes) is 47. The zero-order valence-corrected chi connectivity index (χ0v) is 51.7. The lowest BCUT2D eigenvalue weighted by atomic mass is 10.0. The van der Waals surface area contributed by atoms with E-state index >= 15 is 0 Å². The third-order valence-electron chi connectivity index (χ3n) is 15.8. The van der Waals surface area contributed by atoms with Crippen LogP contribution in [0.3, 0.4) is 0 Å². The van der Waals surface area contributed by atoms with Crippen LogP contribution >= 0.6 is 0 Å². The molecular weight excluding hydrogens is 947 g/mol. The van der Waals surface area contributed by atoms with Gasteiger partial charge in [-0.15, -0.1) is 0 Å². The molecule has 0 rings (SSSR count). The molecule has 452 valence electrons. The number of carbonyl (C=O) groups is 2. The largest absolute Gasteiger partial charge is 0.466 e. The van der Waals surface area contributed by atoms with Crippen LogP contribution in [-0.4, -0.2) is 47.4 Å². The summed E-state index contributed by atoms with van der Waals surface area (Å²) in [6, 6.07) is -0.634. The Labute approximate surface area is 480 Å². The summed E-state index contributed by atoms with van der Waals surface area (Å²) in [5, 5.41) is 23.2. The van der Waals surface area contributed by atoms with Crippen molar-refractivity contribution >= 4 is 11.9 Å². The molecule has 0 aromatic heterocycles. The van der Waals surface area contributed by atoms with Crippen LogP contribution in [0.4, 0.5) is 0 Å². The van der Waals surface area contributed by atoms with Crippen LogP contribution in [-0.2, 0) is 14.3 Å². The van der Waals surface area contributed by atoms with Gasteiger partial charge in [0.15, 0.2) is 0 Å². The van der Waals surface area contributed by atoms with Crippen molar-refractivity contribution in [2.24, 2.45) is 0 Å². The number of carbonyl (C=O) groups excluding carboxylic acids is 2. The number of nitrogens with one attached hydrogen (secondary N) is 1. The quantitative estimate of drug-likeness (QED) is 0.0320. The highest BCUT2D eigenvalue weighted by Gasteiger charge is 2.18. The molecule has 77 heavy (non-hydrogen) atoms. The number of ether oxygens (including phenoxy) is 1. The maximum Gasteiger partial charge on any atom is 0.305 e. The van der Waals surface area contributed by atoms with Crippen LogP contribution in [0, 0.1) is 0 Å². The second kappa shape index (κ2) is 66.3. The van der Waals surface area contributed by atoms with Gasteiger partial charge in [0.1, 0.15) is 0 Å². The van der Waals surface area contributed by atoms with E-state index in [9.17, 15) is 19.8 Å². The van der Waals surface area contributed by atoms with E-state index in [0.29, 0.717) is 19.4 Å². The van der Waals surface area contributed by atoms with Crippen molar-refractivity contribution in [3.8, 4) is 0 Å². The lowest BCUT2D eigenvalue weighted by Gasteiger charge is -2.20. The van der Waals surface area contributed by atoms with Gasteiger partial charge in [0.05, 0.1) is 25.4 Å². The fourth-order valence-electron chi connectivity index (χ4n) is 10.5. The summed E-state index contributed by atoms with van der Waals surface area (Å²) < 4.78 is 5.49. The molecule has 0 aromatic rings. The van der Waals surface area contributed by atoms with Crippen LogP contribution in [0.1, 0.15) is 367 Å². The fourth-order valence-corrected chi connectivity index (χ4v) is 10.5. The van der Waals surface area contributed by atoms with Crippen molar-refractivity contribution in [1.82, 2.24) is 5.32 Å². The first-order valence-electron chi connectivity index (χ1n) is 34.4. The second-order valence-corrected chi connectivity index (χ2v) is 23.5. The zero-order valence-electron chi connectivity index (χ0n) is 51.7. The Bertz CT molecular complexity index is 1290. The zero-order chi connectivity index (χ0) is 55.7. The molecule has 0 saturated carbocycles. The van der Waals surface area contributed by atoms with Crippen molar-refractivity contribution in [3.05, 3.63) is 48.6 Å². The molecule has 2 atom stereocenters. The third-order valence-corrected chi connectivity index (χ3v) is 15.8. The van der Waals surface area contributed by atoms with Gasteiger partial charge in [-0.1, -0.05) is 313 Å². The molecule has 0 aliphatic rings. The lowest BCUT2D eigenvalue weighted by molar-refractivity contribution is -0.143. The summed E-state index contributed by atoms with van der Waals surface area (Å²) in [7, 11) is 0. The Morgan fingerprint density at radius 3 is 1.03 bits per heavy atom. The summed E-state index contributed by atoms with van der Waals surface area (Å²) >= 11 is 0. The molecule has 0 bridgehead atoms.